The van der Waals surface area contributed by atoms with Gasteiger partial charge in [-0.3, -0.25) is 9.79 Å². The Morgan fingerprint density at radius 1 is 1.18 bits per heavy atom. The molecule has 0 saturated carbocycles. The maximum absolute atomic E-state index is 12.2. The Morgan fingerprint density at radius 3 is 2.77 bits per heavy atom. The Balaban J connectivity index is 2.03. The molecule has 0 saturated heterocycles. The molecule has 0 unspecified atom stereocenters. The number of fused-ring (bicyclic) bond motifs is 1. The van der Waals surface area contributed by atoms with Crippen molar-refractivity contribution in [1.29, 1.82) is 0 Å². The zero-order chi connectivity index (χ0) is 15.4. The normalized spacial score (nSPS) is 12.1. The van der Waals surface area contributed by atoms with Crippen molar-refractivity contribution in [3.63, 3.8) is 0 Å². The van der Waals surface area contributed by atoms with Crippen molar-refractivity contribution in [1.82, 2.24) is 9.97 Å². The highest BCUT2D eigenvalue weighted by molar-refractivity contribution is 6.38. The zero-order valence-electron chi connectivity index (χ0n) is 11.6. The van der Waals surface area contributed by atoms with E-state index in [1.165, 1.54) is 6.21 Å². The van der Waals surface area contributed by atoms with E-state index in [0.717, 1.165) is 11.1 Å². The summed E-state index contributed by atoms with van der Waals surface area (Å²) in [5.41, 5.74) is 1.61. The molecule has 3 aromatic rings. The van der Waals surface area contributed by atoms with Gasteiger partial charge < -0.3 is 10.8 Å². The van der Waals surface area contributed by atoms with E-state index >= 15 is 0 Å². The molecule has 1 aromatic carbocycles. The second-order valence-corrected chi connectivity index (χ2v) is 4.56. The van der Waals surface area contributed by atoms with E-state index in [2.05, 4.69) is 20.1 Å². The lowest BCUT2D eigenvalue weighted by atomic mass is 10.1. The molecule has 2 heterocycles. The van der Waals surface area contributed by atoms with E-state index in [9.17, 15) is 4.79 Å². The highest BCUT2D eigenvalue weighted by Crippen LogP contribution is 2.10. The minimum absolute atomic E-state index is 0.302. The van der Waals surface area contributed by atoms with Gasteiger partial charge in [0, 0.05) is 11.6 Å². The van der Waals surface area contributed by atoms with Crippen molar-refractivity contribution in [3.05, 3.63) is 70.6 Å². The largest absolute Gasteiger partial charge is 0.323 e. The molecule has 22 heavy (non-hydrogen) atoms. The molecular weight excluding hydrogens is 278 g/mol. The minimum Gasteiger partial charge on any atom is -0.323 e. The van der Waals surface area contributed by atoms with Crippen LogP contribution in [0, 0.1) is 0 Å². The van der Waals surface area contributed by atoms with Crippen LogP contribution in [0.2, 0.25) is 0 Å². The maximum Gasteiger partial charge on any atom is 0.259 e. The van der Waals surface area contributed by atoms with Crippen LogP contribution < -0.4 is 11.4 Å². The lowest BCUT2D eigenvalue weighted by molar-refractivity contribution is 1.21. The highest BCUT2D eigenvalue weighted by Gasteiger charge is 2.08. The van der Waals surface area contributed by atoms with Gasteiger partial charge in [-0.05, 0) is 30.3 Å². The standard InChI is InChI=1S/C16H13N5O/c17-21-14(10-19-12-6-2-1-3-7-12)13-9-11-5-4-8-18-15(11)20-16(13)22/h1-10H,17H2,(H,18,20,22). The van der Waals surface area contributed by atoms with E-state index in [4.69, 9.17) is 5.84 Å². The number of H-pyrrole nitrogens is 1. The van der Waals surface area contributed by atoms with Crippen molar-refractivity contribution in [3.8, 4) is 0 Å². The van der Waals surface area contributed by atoms with Crippen LogP contribution in [0.4, 0.5) is 5.69 Å². The second kappa shape index (κ2) is 6.01. The molecule has 0 radical (unpaired) electrons. The molecule has 0 bridgehead atoms. The van der Waals surface area contributed by atoms with E-state index in [-0.39, 0.29) is 5.56 Å². The van der Waals surface area contributed by atoms with Crippen LogP contribution in [0.3, 0.4) is 0 Å². The number of hydrogen-bond acceptors (Lipinski definition) is 5. The number of aromatic amines is 1. The van der Waals surface area contributed by atoms with Crippen LogP contribution in [0.15, 0.2) is 69.6 Å². The summed E-state index contributed by atoms with van der Waals surface area (Å²) >= 11 is 0. The Morgan fingerprint density at radius 2 is 2.00 bits per heavy atom. The highest BCUT2D eigenvalue weighted by atomic mass is 16.1. The van der Waals surface area contributed by atoms with Gasteiger partial charge in [-0.15, -0.1) is 0 Å². The molecule has 108 valence electrons. The van der Waals surface area contributed by atoms with E-state index < -0.39 is 0 Å². The SMILES string of the molecule is NN=C(C=Nc1ccccc1)c1cc2cccnc2[nH]c1=O. The van der Waals surface area contributed by atoms with Crippen LogP contribution in [0.1, 0.15) is 5.56 Å². The van der Waals surface area contributed by atoms with Gasteiger partial charge >= 0.3 is 0 Å². The molecule has 0 aliphatic rings. The molecule has 0 atom stereocenters. The fraction of sp³-hybridized carbons (Fsp3) is 0. The summed E-state index contributed by atoms with van der Waals surface area (Å²) in [5, 5.41) is 4.47. The summed E-state index contributed by atoms with van der Waals surface area (Å²) < 4.78 is 0. The van der Waals surface area contributed by atoms with E-state index in [1.807, 2.05) is 36.4 Å². The summed E-state index contributed by atoms with van der Waals surface area (Å²) in [4.78, 5) is 23.2. The van der Waals surface area contributed by atoms with Crippen LogP contribution in [0.25, 0.3) is 11.0 Å². The average Bonchev–Trinajstić information content (AvgIpc) is 2.56. The van der Waals surface area contributed by atoms with E-state index in [0.29, 0.717) is 16.9 Å². The number of benzene rings is 1. The number of nitrogens with one attached hydrogen (secondary N) is 1. The summed E-state index contributed by atoms with van der Waals surface area (Å²) in [5.74, 6) is 5.41. The predicted octanol–water partition coefficient (Wildman–Crippen LogP) is 1.99. The summed E-state index contributed by atoms with van der Waals surface area (Å²) in [6.45, 7) is 0. The van der Waals surface area contributed by atoms with Crippen molar-refractivity contribution < 1.29 is 0 Å². The molecule has 0 fully saturated rings. The molecule has 6 heteroatoms. The Kier molecular flexibility index (Phi) is 3.74. The van der Waals surface area contributed by atoms with Gasteiger partial charge in [0.25, 0.3) is 5.56 Å². The zero-order valence-corrected chi connectivity index (χ0v) is 11.6. The monoisotopic (exact) mass is 291 g/mol. The number of nitrogens with two attached hydrogens (primary N) is 1. The van der Waals surface area contributed by atoms with Gasteiger partial charge in [-0.2, -0.15) is 5.10 Å². The summed E-state index contributed by atoms with van der Waals surface area (Å²) in [6, 6.07) is 14.7. The number of aliphatic imine (C=N–C) groups is 1. The van der Waals surface area contributed by atoms with Crippen LogP contribution in [-0.2, 0) is 0 Å². The maximum atomic E-state index is 12.2. The quantitative estimate of drug-likeness (QED) is 0.438. The fourth-order valence-corrected chi connectivity index (χ4v) is 2.05. The number of nitrogens with zero attached hydrogens (tertiary/aromatic N) is 3. The minimum atomic E-state index is -0.310. The molecule has 0 aliphatic carbocycles. The number of rotatable bonds is 3. The third-order valence-corrected chi connectivity index (χ3v) is 3.12. The first-order valence-corrected chi connectivity index (χ1v) is 6.63. The third kappa shape index (κ3) is 2.76. The first-order valence-electron chi connectivity index (χ1n) is 6.63. The number of hydrogen-bond donors (Lipinski definition) is 2. The lowest BCUT2D eigenvalue weighted by Crippen LogP contribution is -2.20. The molecular formula is C16H13N5O. The molecule has 2 aromatic heterocycles. The van der Waals surface area contributed by atoms with Crippen LogP contribution in [-0.4, -0.2) is 21.9 Å². The fourth-order valence-electron chi connectivity index (χ4n) is 2.05. The first-order chi connectivity index (χ1) is 10.8. The summed E-state index contributed by atoms with van der Waals surface area (Å²) in [7, 11) is 0. The van der Waals surface area contributed by atoms with Gasteiger partial charge in [0.1, 0.15) is 11.4 Å². The van der Waals surface area contributed by atoms with Crippen LogP contribution >= 0.6 is 0 Å². The van der Waals surface area contributed by atoms with Crippen molar-refractivity contribution in [2.45, 2.75) is 0 Å². The van der Waals surface area contributed by atoms with Gasteiger partial charge in [0.2, 0.25) is 0 Å². The molecule has 0 aliphatic heterocycles. The predicted molar refractivity (Wildman–Crippen MR) is 87.7 cm³/mol. The second-order valence-electron chi connectivity index (χ2n) is 4.56. The Labute approximate surface area is 126 Å². The van der Waals surface area contributed by atoms with Gasteiger partial charge in [0.15, 0.2) is 0 Å². The van der Waals surface area contributed by atoms with Crippen LogP contribution in [0.5, 0.6) is 0 Å². The Hall–Kier alpha value is -3.28. The first kappa shape index (κ1) is 13.7. The summed E-state index contributed by atoms with van der Waals surface area (Å²) in [6.07, 6.45) is 3.09. The van der Waals surface area contributed by atoms with Crippen molar-refractivity contribution >= 4 is 28.6 Å². The number of pyridine rings is 2. The van der Waals surface area contributed by atoms with E-state index in [1.54, 1.807) is 18.3 Å². The smallest absolute Gasteiger partial charge is 0.259 e. The lowest BCUT2D eigenvalue weighted by Gasteiger charge is -2.02. The van der Waals surface area contributed by atoms with Gasteiger partial charge in [-0.25, -0.2) is 4.98 Å². The van der Waals surface area contributed by atoms with Gasteiger partial charge in [0.05, 0.1) is 17.5 Å². The molecule has 6 nitrogen and oxygen atoms in total. The number of aromatic nitrogens is 2. The number of para-hydroxylation sites is 1. The molecule has 0 spiro atoms. The number of hydrazone groups is 1. The molecule has 0 amide bonds. The van der Waals surface area contributed by atoms with Crippen molar-refractivity contribution in [2.24, 2.45) is 15.9 Å². The van der Waals surface area contributed by atoms with Crippen molar-refractivity contribution in [2.75, 3.05) is 0 Å². The topological polar surface area (TPSA) is 96.5 Å². The molecule has 3 rings (SSSR count). The Bertz CT molecular complexity index is 912. The average molecular weight is 291 g/mol. The van der Waals surface area contributed by atoms with Gasteiger partial charge in [-0.1, -0.05) is 18.2 Å². The molecule has 3 N–H and O–H groups in total. The third-order valence-electron chi connectivity index (χ3n) is 3.12.